The molecule has 2 aromatic rings. The van der Waals surface area contributed by atoms with Gasteiger partial charge in [0.2, 0.25) is 0 Å². The zero-order chi connectivity index (χ0) is 18.1. The van der Waals surface area contributed by atoms with Crippen LogP contribution in [0.25, 0.3) is 0 Å². The molecule has 0 atom stereocenters. The molecule has 0 amide bonds. The second-order valence-electron chi connectivity index (χ2n) is 5.41. The average Bonchev–Trinajstić information content (AvgIpc) is 2.65. The molecule has 6 nitrogen and oxygen atoms in total. The van der Waals surface area contributed by atoms with E-state index in [1.807, 2.05) is 30.3 Å². The topological polar surface area (TPSA) is 78.1 Å². The van der Waals surface area contributed by atoms with E-state index < -0.39 is 0 Å². The van der Waals surface area contributed by atoms with Gasteiger partial charge in [-0.3, -0.25) is 4.99 Å². The van der Waals surface area contributed by atoms with Crippen molar-refractivity contribution in [2.75, 3.05) is 33.2 Å². The first kappa shape index (κ1) is 18.4. The van der Waals surface area contributed by atoms with Gasteiger partial charge < -0.3 is 25.3 Å². The van der Waals surface area contributed by atoms with Crippen LogP contribution in [0.2, 0.25) is 0 Å². The number of methoxy groups -OCH3 is 3. The molecule has 0 aliphatic heterocycles. The Balaban J connectivity index is 1.87. The number of nitrogens with zero attached hydrogens (tertiary/aromatic N) is 1. The standard InChI is InChI=1S/C19H25N3O3/c1-23-15-8-6-14(7-9-15)5-4-12-21-19(20)22-17-13-16(24-2)10-11-18(17)25-3/h6-11,13H,4-5,12H2,1-3H3,(H3,20,21,22). The minimum atomic E-state index is 0.348. The first-order valence-electron chi connectivity index (χ1n) is 8.08. The fourth-order valence-electron chi connectivity index (χ4n) is 2.36. The van der Waals surface area contributed by atoms with E-state index in [1.54, 1.807) is 21.3 Å². The smallest absolute Gasteiger partial charge is 0.193 e. The van der Waals surface area contributed by atoms with Crippen LogP contribution in [0, 0.1) is 0 Å². The Bertz CT molecular complexity index is 700. The summed E-state index contributed by atoms with van der Waals surface area (Å²) in [6, 6.07) is 13.5. The van der Waals surface area contributed by atoms with Gasteiger partial charge in [0.1, 0.15) is 17.2 Å². The van der Waals surface area contributed by atoms with E-state index in [1.165, 1.54) is 5.56 Å². The number of aryl methyl sites for hydroxylation is 1. The summed E-state index contributed by atoms with van der Waals surface area (Å²) in [5.74, 6) is 2.61. The van der Waals surface area contributed by atoms with Crippen LogP contribution >= 0.6 is 0 Å². The molecule has 0 aliphatic rings. The maximum atomic E-state index is 5.96. The molecular formula is C19H25N3O3. The summed E-state index contributed by atoms with van der Waals surface area (Å²) in [5.41, 5.74) is 7.93. The maximum Gasteiger partial charge on any atom is 0.193 e. The second-order valence-corrected chi connectivity index (χ2v) is 5.41. The Morgan fingerprint density at radius 1 is 0.960 bits per heavy atom. The van der Waals surface area contributed by atoms with E-state index in [2.05, 4.69) is 22.4 Å². The Hall–Kier alpha value is -2.89. The summed E-state index contributed by atoms with van der Waals surface area (Å²) in [4.78, 5) is 4.36. The normalized spacial score (nSPS) is 11.1. The maximum absolute atomic E-state index is 5.96. The van der Waals surface area contributed by atoms with Crippen LogP contribution in [0.4, 0.5) is 5.69 Å². The van der Waals surface area contributed by atoms with Crippen LogP contribution < -0.4 is 25.3 Å². The Morgan fingerprint density at radius 2 is 1.64 bits per heavy atom. The van der Waals surface area contributed by atoms with Crippen LogP contribution in [0.5, 0.6) is 17.2 Å². The molecule has 0 saturated heterocycles. The zero-order valence-corrected chi connectivity index (χ0v) is 14.9. The third-order valence-corrected chi connectivity index (χ3v) is 3.73. The van der Waals surface area contributed by atoms with Crippen LogP contribution in [-0.2, 0) is 6.42 Å². The first-order chi connectivity index (χ1) is 12.2. The van der Waals surface area contributed by atoms with Gasteiger partial charge in [0.05, 0.1) is 27.0 Å². The molecule has 6 heteroatoms. The summed E-state index contributed by atoms with van der Waals surface area (Å²) in [7, 11) is 4.88. The monoisotopic (exact) mass is 343 g/mol. The Kier molecular flexibility index (Phi) is 6.95. The highest BCUT2D eigenvalue weighted by Crippen LogP contribution is 2.28. The fraction of sp³-hybridized carbons (Fsp3) is 0.316. The molecule has 0 fully saturated rings. The molecule has 0 aliphatic carbocycles. The molecule has 3 N–H and O–H groups in total. The number of hydrogen-bond acceptors (Lipinski definition) is 4. The van der Waals surface area contributed by atoms with E-state index in [9.17, 15) is 0 Å². The van der Waals surface area contributed by atoms with Crippen molar-refractivity contribution < 1.29 is 14.2 Å². The van der Waals surface area contributed by atoms with E-state index in [0.717, 1.165) is 30.0 Å². The lowest BCUT2D eigenvalue weighted by molar-refractivity contribution is 0.405. The van der Waals surface area contributed by atoms with E-state index in [0.29, 0.717) is 18.3 Å². The number of benzene rings is 2. The third kappa shape index (κ3) is 5.60. The number of nitrogens with one attached hydrogen (secondary N) is 1. The second kappa shape index (κ2) is 9.42. The molecular weight excluding hydrogens is 318 g/mol. The SMILES string of the molecule is COc1ccc(CCCN=C(N)Nc2cc(OC)ccc2OC)cc1. The molecule has 0 heterocycles. The predicted octanol–water partition coefficient (Wildman–Crippen LogP) is 3.07. The van der Waals surface area contributed by atoms with Crippen molar-refractivity contribution in [1.29, 1.82) is 0 Å². The predicted molar refractivity (Wildman–Crippen MR) is 101 cm³/mol. The van der Waals surface area contributed by atoms with E-state index in [4.69, 9.17) is 19.9 Å². The highest BCUT2D eigenvalue weighted by molar-refractivity contribution is 5.94. The Labute approximate surface area is 148 Å². The van der Waals surface area contributed by atoms with Crippen molar-refractivity contribution in [1.82, 2.24) is 0 Å². The van der Waals surface area contributed by atoms with Crippen molar-refractivity contribution in [3.8, 4) is 17.2 Å². The molecule has 0 bridgehead atoms. The molecule has 2 aromatic carbocycles. The van der Waals surface area contributed by atoms with Crippen molar-refractivity contribution in [2.24, 2.45) is 10.7 Å². The zero-order valence-electron chi connectivity index (χ0n) is 14.9. The lowest BCUT2D eigenvalue weighted by atomic mass is 10.1. The minimum Gasteiger partial charge on any atom is -0.497 e. The quantitative estimate of drug-likeness (QED) is 0.437. The number of nitrogens with two attached hydrogens (primary N) is 1. The molecule has 0 radical (unpaired) electrons. The van der Waals surface area contributed by atoms with Crippen LogP contribution in [-0.4, -0.2) is 33.8 Å². The molecule has 134 valence electrons. The third-order valence-electron chi connectivity index (χ3n) is 3.73. The van der Waals surface area contributed by atoms with Gasteiger partial charge in [0, 0.05) is 12.6 Å². The summed E-state index contributed by atoms with van der Waals surface area (Å²) < 4.78 is 15.7. The first-order valence-corrected chi connectivity index (χ1v) is 8.08. The van der Waals surface area contributed by atoms with Crippen molar-refractivity contribution in [3.05, 3.63) is 48.0 Å². The molecule has 25 heavy (non-hydrogen) atoms. The summed E-state index contributed by atoms with van der Waals surface area (Å²) in [6.45, 7) is 0.636. The molecule has 0 spiro atoms. The highest BCUT2D eigenvalue weighted by Gasteiger charge is 2.06. The van der Waals surface area contributed by atoms with Gasteiger partial charge in [-0.25, -0.2) is 0 Å². The minimum absolute atomic E-state index is 0.348. The largest absolute Gasteiger partial charge is 0.497 e. The van der Waals surface area contributed by atoms with Crippen molar-refractivity contribution >= 4 is 11.6 Å². The van der Waals surface area contributed by atoms with Gasteiger partial charge in [0.25, 0.3) is 0 Å². The lowest BCUT2D eigenvalue weighted by Gasteiger charge is -2.12. The number of aliphatic imine (C=N–C) groups is 1. The molecule has 0 saturated carbocycles. The summed E-state index contributed by atoms with van der Waals surface area (Å²) >= 11 is 0. The average molecular weight is 343 g/mol. The number of guanidine groups is 1. The van der Waals surface area contributed by atoms with Crippen LogP contribution in [0.1, 0.15) is 12.0 Å². The summed E-state index contributed by atoms with van der Waals surface area (Å²) in [6.07, 6.45) is 1.84. The number of hydrogen-bond donors (Lipinski definition) is 2. The lowest BCUT2D eigenvalue weighted by Crippen LogP contribution is -2.23. The van der Waals surface area contributed by atoms with Gasteiger partial charge in [-0.15, -0.1) is 0 Å². The highest BCUT2D eigenvalue weighted by atomic mass is 16.5. The number of anilines is 1. The van der Waals surface area contributed by atoms with Crippen molar-refractivity contribution in [2.45, 2.75) is 12.8 Å². The molecule has 2 rings (SSSR count). The van der Waals surface area contributed by atoms with Gasteiger partial charge in [0.15, 0.2) is 5.96 Å². The van der Waals surface area contributed by atoms with Gasteiger partial charge in [-0.1, -0.05) is 12.1 Å². The van der Waals surface area contributed by atoms with E-state index >= 15 is 0 Å². The van der Waals surface area contributed by atoms with Crippen LogP contribution in [0.15, 0.2) is 47.5 Å². The van der Waals surface area contributed by atoms with Gasteiger partial charge in [-0.05, 0) is 42.7 Å². The van der Waals surface area contributed by atoms with Crippen LogP contribution in [0.3, 0.4) is 0 Å². The fourth-order valence-corrected chi connectivity index (χ4v) is 2.36. The number of rotatable bonds is 8. The summed E-state index contributed by atoms with van der Waals surface area (Å²) in [5, 5.41) is 3.06. The van der Waals surface area contributed by atoms with Crippen molar-refractivity contribution in [3.63, 3.8) is 0 Å². The molecule has 0 unspecified atom stereocenters. The Morgan fingerprint density at radius 3 is 2.28 bits per heavy atom. The van der Waals surface area contributed by atoms with Gasteiger partial charge in [-0.2, -0.15) is 0 Å². The number of ether oxygens (including phenoxy) is 3. The molecule has 0 aromatic heterocycles. The van der Waals surface area contributed by atoms with Gasteiger partial charge >= 0.3 is 0 Å². The van der Waals surface area contributed by atoms with E-state index in [-0.39, 0.29) is 0 Å².